The third kappa shape index (κ3) is 1.62. The lowest BCUT2D eigenvalue weighted by Crippen LogP contribution is -2.15. The summed E-state index contributed by atoms with van der Waals surface area (Å²) in [5.74, 6) is 2.50. The molecule has 2 unspecified atom stereocenters. The van der Waals surface area contributed by atoms with Gasteiger partial charge in [-0.1, -0.05) is 0 Å². The minimum atomic E-state index is 0.332. The molecule has 0 N–H and O–H groups in total. The number of fused-ring (bicyclic) bond motifs is 2. The summed E-state index contributed by atoms with van der Waals surface area (Å²) in [6.07, 6.45) is 8.17. The van der Waals surface area contributed by atoms with Gasteiger partial charge < -0.3 is 0 Å². The predicted octanol–water partition coefficient (Wildman–Crippen LogP) is 2.55. The third-order valence-electron chi connectivity index (χ3n) is 4.20. The fourth-order valence-electron chi connectivity index (χ4n) is 3.16. The Balaban J connectivity index is 1.49. The molecular formula is C13H14N2OS. The van der Waals surface area contributed by atoms with Crippen LogP contribution in [0, 0.1) is 17.8 Å². The molecule has 0 amide bonds. The van der Waals surface area contributed by atoms with Gasteiger partial charge in [0.15, 0.2) is 4.96 Å². The molecule has 0 aliphatic heterocycles. The molecule has 0 aromatic carbocycles. The molecule has 2 aromatic rings. The Morgan fingerprint density at radius 2 is 2.24 bits per heavy atom. The van der Waals surface area contributed by atoms with Crippen LogP contribution in [-0.2, 0) is 11.2 Å². The molecule has 0 radical (unpaired) electrons. The fraction of sp³-hybridized carbons (Fsp3) is 0.538. The first-order valence-electron chi connectivity index (χ1n) is 6.23. The van der Waals surface area contributed by atoms with E-state index >= 15 is 0 Å². The number of hydrogen-bond acceptors (Lipinski definition) is 3. The molecule has 3 nitrogen and oxygen atoms in total. The predicted molar refractivity (Wildman–Crippen MR) is 66.1 cm³/mol. The molecule has 17 heavy (non-hydrogen) atoms. The van der Waals surface area contributed by atoms with E-state index in [1.54, 1.807) is 11.3 Å². The van der Waals surface area contributed by atoms with E-state index in [9.17, 15) is 4.79 Å². The van der Waals surface area contributed by atoms with Crippen LogP contribution >= 0.6 is 11.3 Å². The van der Waals surface area contributed by atoms with E-state index in [-0.39, 0.29) is 0 Å². The van der Waals surface area contributed by atoms with E-state index < -0.39 is 0 Å². The fourth-order valence-corrected chi connectivity index (χ4v) is 3.88. The van der Waals surface area contributed by atoms with E-state index in [4.69, 9.17) is 0 Å². The van der Waals surface area contributed by atoms with Gasteiger partial charge in [-0.3, -0.25) is 9.20 Å². The first kappa shape index (κ1) is 9.83. The summed E-state index contributed by atoms with van der Waals surface area (Å²) in [6, 6.07) is 0. The monoisotopic (exact) mass is 246 g/mol. The Morgan fingerprint density at radius 1 is 1.41 bits per heavy atom. The average molecular weight is 246 g/mol. The van der Waals surface area contributed by atoms with Crippen LogP contribution in [0.3, 0.4) is 0 Å². The number of carbonyl (C=O) groups is 1. The zero-order valence-electron chi connectivity index (χ0n) is 9.50. The zero-order valence-corrected chi connectivity index (χ0v) is 10.3. The quantitative estimate of drug-likeness (QED) is 0.834. The van der Waals surface area contributed by atoms with Crippen molar-refractivity contribution in [1.29, 1.82) is 0 Å². The van der Waals surface area contributed by atoms with Crippen molar-refractivity contribution < 1.29 is 4.79 Å². The summed E-state index contributed by atoms with van der Waals surface area (Å²) in [7, 11) is 0. The highest BCUT2D eigenvalue weighted by Gasteiger charge is 2.47. The molecule has 2 fully saturated rings. The van der Waals surface area contributed by atoms with Crippen LogP contribution in [0.2, 0.25) is 0 Å². The Labute approximate surface area is 103 Å². The first-order valence-corrected chi connectivity index (χ1v) is 7.11. The molecule has 4 heteroatoms. The molecule has 0 spiro atoms. The number of nitrogens with zero attached hydrogens (tertiary/aromatic N) is 2. The van der Waals surface area contributed by atoms with Crippen LogP contribution in [0.15, 0.2) is 17.8 Å². The molecule has 2 aromatic heterocycles. The van der Waals surface area contributed by atoms with Gasteiger partial charge in [0.1, 0.15) is 5.78 Å². The molecule has 2 aliphatic carbocycles. The molecule has 4 rings (SSSR count). The average Bonchev–Trinajstić information content (AvgIpc) is 2.72. The summed E-state index contributed by atoms with van der Waals surface area (Å²) in [4.78, 5) is 17.6. The van der Waals surface area contributed by atoms with Crippen molar-refractivity contribution >= 4 is 22.1 Å². The van der Waals surface area contributed by atoms with E-state index in [0.717, 1.165) is 35.3 Å². The van der Waals surface area contributed by atoms with Gasteiger partial charge >= 0.3 is 0 Å². The van der Waals surface area contributed by atoms with E-state index in [1.807, 2.05) is 22.2 Å². The third-order valence-corrected chi connectivity index (χ3v) is 4.97. The normalized spacial score (nSPS) is 30.7. The van der Waals surface area contributed by atoms with Crippen LogP contribution in [0.5, 0.6) is 0 Å². The van der Waals surface area contributed by atoms with Crippen molar-refractivity contribution in [2.45, 2.75) is 25.7 Å². The van der Waals surface area contributed by atoms with E-state index in [0.29, 0.717) is 18.1 Å². The number of ketones is 1. The van der Waals surface area contributed by atoms with Crippen molar-refractivity contribution in [1.82, 2.24) is 9.38 Å². The molecule has 2 saturated carbocycles. The summed E-state index contributed by atoms with van der Waals surface area (Å²) in [6.45, 7) is 0. The van der Waals surface area contributed by atoms with Crippen LogP contribution in [0.1, 0.15) is 25.0 Å². The summed E-state index contributed by atoms with van der Waals surface area (Å²) in [5.41, 5.74) is 0.933. The minimum Gasteiger partial charge on any atom is -0.299 e. The lowest BCUT2D eigenvalue weighted by molar-refractivity contribution is -0.122. The molecule has 0 bridgehead atoms. The van der Waals surface area contributed by atoms with Gasteiger partial charge in [0.25, 0.3) is 0 Å². The number of thiazole rings is 1. The Morgan fingerprint density at radius 3 is 3.00 bits per heavy atom. The highest BCUT2D eigenvalue weighted by Crippen LogP contribution is 2.54. The summed E-state index contributed by atoms with van der Waals surface area (Å²) < 4.78 is 2.00. The molecule has 0 saturated heterocycles. The second-order valence-electron chi connectivity index (χ2n) is 5.39. The van der Waals surface area contributed by atoms with Crippen molar-refractivity contribution in [3.05, 3.63) is 23.5 Å². The lowest BCUT2D eigenvalue weighted by atomic mass is 9.95. The maximum Gasteiger partial charge on any atom is 0.193 e. The van der Waals surface area contributed by atoms with Crippen molar-refractivity contribution in [3.63, 3.8) is 0 Å². The maximum absolute atomic E-state index is 12.1. The number of hydrogen-bond donors (Lipinski definition) is 0. The van der Waals surface area contributed by atoms with Gasteiger partial charge in [-0.15, -0.1) is 11.3 Å². The van der Waals surface area contributed by atoms with Gasteiger partial charge in [-0.25, -0.2) is 4.98 Å². The van der Waals surface area contributed by atoms with Gasteiger partial charge in [0.05, 0.1) is 12.1 Å². The largest absolute Gasteiger partial charge is 0.299 e. The summed E-state index contributed by atoms with van der Waals surface area (Å²) in [5, 5.41) is 2.01. The minimum absolute atomic E-state index is 0.332. The molecule has 2 aliphatic rings. The van der Waals surface area contributed by atoms with Crippen LogP contribution < -0.4 is 0 Å². The van der Waals surface area contributed by atoms with Crippen LogP contribution in [0.4, 0.5) is 0 Å². The number of aromatic nitrogens is 2. The number of imidazole rings is 1. The SMILES string of the molecule is O=C(Cc1cn2ccsc2n1)C1CC2CC2C1. The van der Waals surface area contributed by atoms with Crippen LogP contribution in [0.25, 0.3) is 4.96 Å². The highest BCUT2D eigenvalue weighted by molar-refractivity contribution is 7.15. The molecule has 2 atom stereocenters. The summed E-state index contributed by atoms with van der Waals surface area (Å²) >= 11 is 1.62. The number of rotatable bonds is 3. The molecule has 2 heterocycles. The second-order valence-corrected chi connectivity index (χ2v) is 6.27. The van der Waals surface area contributed by atoms with Gasteiger partial charge in [-0.05, 0) is 31.1 Å². The highest BCUT2D eigenvalue weighted by atomic mass is 32.1. The van der Waals surface area contributed by atoms with Crippen LogP contribution in [-0.4, -0.2) is 15.2 Å². The van der Waals surface area contributed by atoms with E-state index in [1.165, 1.54) is 6.42 Å². The van der Waals surface area contributed by atoms with Gasteiger partial charge in [-0.2, -0.15) is 0 Å². The van der Waals surface area contributed by atoms with Crippen molar-refractivity contribution in [2.75, 3.05) is 0 Å². The molecule has 88 valence electrons. The van der Waals surface area contributed by atoms with Crippen molar-refractivity contribution in [2.24, 2.45) is 17.8 Å². The smallest absolute Gasteiger partial charge is 0.193 e. The lowest BCUT2D eigenvalue weighted by Gasteiger charge is -2.08. The topological polar surface area (TPSA) is 34.4 Å². The Hall–Kier alpha value is -1.16. The number of carbonyl (C=O) groups excluding carboxylic acids is 1. The first-order chi connectivity index (χ1) is 8.29. The Bertz CT molecular complexity index is 547. The van der Waals surface area contributed by atoms with E-state index in [2.05, 4.69) is 4.98 Å². The maximum atomic E-state index is 12.1. The standard InChI is InChI=1S/C13H14N2OS/c16-12(10-4-8-3-9(8)5-10)6-11-7-15-1-2-17-13(15)14-11/h1-2,7-10H,3-6H2. The van der Waals surface area contributed by atoms with Crippen molar-refractivity contribution in [3.8, 4) is 0 Å². The van der Waals surface area contributed by atoms with Gasteiger partial charge in [0, 0.05) is 23.7 Å². The number of Topliss-reactive ketones (excluding diaryl/α,β-unsaturated/α-hetero) is 1. The molecular weight excluding hydrogens is 232 g/mol. The Kier molecular flexibility index (Phi) is 1.98. The zero-order chi connectivity index (χ0) is 11.4. The second kappa shape index (κ2) is 3.42. The van der Waals surface area contributed by atoms with Gasteiger partial charge in [0.2, 0.25) is 0 Å².